The molecule has 2 fully saturated rings. The van der Waals surface area contributed by atoms with Crippen molar-refractivity contribution in [1.29, 1.82) is 0 Å². The molecule has 0 bridgehead atoms. The Balaban J connectivity index is 1.60. The van der Waals surface area contributed by atoms with Gasteiger partial charge in [-0.1, -0.05) is 24.4 Å². The maximum absolute atomic E-state index is 10.8. The summed E-state index contributed by atoms with van der Waals surface area (Å²) in [6.45, 7) is 0.392. The summed E-state index contributed by atoms with van der Waals surface area (Å²) in [5, 5.41) is 11.2. The lowest BCUT2D eigenvalue weighted by atomic mass is 9.98. The topological polar surface area (TPSA) is 61.6 Å². The summed E-state index contributed by atoms with van der Waals surface area (Å²) in [6.07, 6.45) is 6.88. The number of non-ortho nitro benzene ring substituents is 1. The molecule has 1 aliphatic carbocycles. The Morgan fingerprint density at radius 1 is 1.38 bits per heavy atom. The first-order valence-corrected chi connectivity index (χ1v) is 7.70. The van der Waals surface area contributed by atoms with Gasteiger partial charge in [0.2, 0.25) is 0 Å². The second kappa shape index (κ2) is 5.81. The molecule has 0 amide bonds. The van der Waals surface area contributed by atoms with Gasteiger partial charge in [-0.25, -0.2) is 0 Å². The van der Waals surface area contributed by atoms with Crippen molar-refractivity contribution in [2.24, 2.45) is 0 Å². The molecule has 1 saturated carbocycles. The van der Waals surface area contributed by atoms with Gasteiger partial charge in [0, 0.05) is 6.07 Å². The van der Waals surface area contributed by atoms with Gasteiger partial charge in [-0.05, 0) is 31.7 Å². The van der Waals surface area contributed by atoms with Crippen LogP contribution in [-0.2, 0) is 4.74 Å². The van der Waals surface area contributed by atoms with Crippen LogP contribution in [0.2, 0.25) is 5.02 Å². The molecule has 114 valence electrons. The largest absolute Gasteiger partial charge is 0.489 e. The molecule has 1 spiro atoms. The number of hydrogen-bond acceptors (Lipinski definition) is 4. The highest BCUT2D eigenvalue weighted by molar-refractivity contribution is 6.32. The van der Waals surface area contributed by atoms with Crippen molar-refractivity contribution in [1.82, 2.24) is 0 Å². The first-order valence-electron chi connectivity index (χ1n) is 7.33. The minimum atomic E-state index is -0.456. The lowest BCUT2D eigenvalue weighted by Crippen LogP contribution is -2.27. The van der Waals surface area contributed by atoms with Crippen molar-refractivity contribution in [2.75, 3.05) is 6.61 Å². The highest BCUT2D eigenvalue weighted by Gasteiger charge is 2.42. The van der Waals surface area contributed by atoms with Gasteiger partial charge in [0.25, 0.3) is 5.69 Å². The van der Waals surface area contributed by atoms with E-state index in [1.807, 2.05) is 0 Å². The zero-order chi connectivity index (χ0) is 14.9. The molecule has 3 rings (SSSR count). The van der Waals surface area contributed by atoms with E-state index in [4.69, 9.17) is 21.1 Å². The standard InChI is InChI=1S/C15H18ClNO4/c16-13-4-3-11(17(18)19)9-14(13)20-10-12-5-8-15(21-12)6-1-2-7-15/h3-4,9,12H,1-2,5-8,10H2. The maximum atomic E-state index is 10.8. The van der Waals surface area contributed by atoms with Crippen LogP contribution in [-0.4, -0.2) is 23.2 Å². The fourth-order valence-electron chi connectivity index (χ4n) is 3.30. The van der Waals surface area contributed by atoms with Crippen molar-refractivity contribution in [3.8, 4) is 5.75 Å². The van der Waals surface area contributed by atoms with E-state index in [9.17, 15) is 10.1 Å². The third kappa shape index (κ3) is 3.14. The molecule has 1 unspecified atom stereocenters. The van der Waals surface area contributed by atoms with E-state index >= 15 is 0 Å². The first kappa shape index (κ1) is 14.6. The normalized spacial score (nSPS) is 23.6. The zero-order valence-electron chi connectivity index (χ0n) is 11.7. The molecule has 1 heterocycles. The van der Waals surface area contributed by atoms with Gasteiger partial charge in [-0.15, -0.1) is 0 Å². The van der Waals surface area contributed by atoms with Crippen molar-refractivity contribution >= 4 is 17.3 Å². The highest BCUT2D eigenvalue weighted by atomic mass is 35.5. The third-order valence-corrected chi connectivity index (χ3v) is 4.72. The summed E-state index contributed by atoms with van der Waals surface area (Å²) in [4.78, 5) is 10.3. The van der Waals surface area contributed by atoms with Gasteiger partial charge in [-0.2, -0.15) is 0 Å². The Bertz CT molecular complexity index is 542. The predicted octanol–water partition coefficient (Wildman–Crippen LogP) is 4.12. The van der Waals surface area contributed by atoms with Gasteiger partial charge in [-0.3, -0.25) is 10.1 Å². The van der Waals surface area contributed by atoms with Crippen LogP contribution in [0, 0.1) is 10.1 Å². The Kier molecular flexibility index (Phi) is 4.04. The zero-order valence-corrected chi connectivity index (χ0v) is 12.5. The molecule has 2 aliphatic rings. The summed E-state index contributed by atoms with van der Waals surface area (Å²) >= 11 is 6.02. The number of ether oxygens (including phenoxy) is 2. The molecule has 0 aromatic heterocycles. The molecule has 1 atom stereocenters. The number of hydrogen-bond donors (Lipinski definition) is 0. The monoisotopic (exact) mass is 311 g/mol. The van der Waals surface area contributed by atoms with Gasteiger partial charge >= 0.3 is 0 Å². The molecular formula is C15H18ClNO4. The lowest BCUT2D eigenvalue weighted by Gasteiger charge is -2.23. The fraction of sp³-hybridized carbons (Fsp3) is 0.600. The number of nitro benzene ring substituents is 1. The Morgan fingerprint density at radius 3 is 2.86 bits per heavy atom. The molecule has 1 saturated heterocycles. The van der Waals surface area contributed by atoms with Crippen LogP contribution >= 0.6 is 11.6 Å². The fourth-order valence-corrected chi connectivity index (χ4v) is 3.47. The van der Waals surface area contributed by atoms with Crippen molar-refractivity contribution in [2.45, 2.75) is 50.2 Å². The smallest absolute Gasteiger partial charge is 0.273 e. The average molecular weight is 312 g/mol. The number of rotatable bonds is 4. The van der Waals surface area contributed by atoms with E-state index in [-0.39, 0.29) is 17.4 Å². The molecule has 0 N–H and O–H groups in total. The molecule has 1 aromatic rings. The van der Waals surface area contributed by atoms with E-state index in [2.05, 4.69) is 0 Å². The van der Waals surface area contributed by atoms with E-state index < -0.39 is 4.92 Å². The summed E-state index contributed by atoms with van der Waals surface area (Å²) < 4.78 is 11.8. The predicted molar refractivity (Wildman–Crippen MR) is 78.9 cm³/mol. The van der Waals surface area contributed by atoms with Crippen molar-refractivity contribution in [3.63, 3.8) is 0 Å². The second-order valence-corrected chi connectivity index (χ2v) is 6.26. The summed E-state index contributed by atoms with van der Waals surface area (Å²) in [6, 6.07) is 4.22. The van der Waals surface area contributed by atoms with Gasteiger partial charge < -0.3 is 9.47 Å². The summed E-state index contributed by atoms with van der Waals surface area (Å²) in [5.41, 5.74) is 0.0505. The first-order chi connectivity index (χ1) is 10.1. The number of nitro groups is 1. The molecule has 5 nitrogen and oxygen atoms in total. The minimum absolute atomic E-state index is 0.0194. The number of halogens is 1. The van der Waals surface area contributed by atoms with Gasteiger partial charge in [0.05, 0.1) is 27.7 Å². The Labute approximate surface area is 128 Å². The highest BCUT2D eigenvalue weighted by Crippen LogP contribution is 2.43. The quantitative estimate of drug-likeness (QED) is 0.620. The van der Waals surface area contributed by atoms with Crippen molar-refractivity contribution in [3.05, 3.63) is 33.3 Å². The second-order valence-electron chi connectivity index (χ2n) is 5.85. The molecule has 0 radical (unpaired) electrons. The van der Waals surface area contributed by atoms with E-state index in [1.165, 1.54) is 31.0 Å². The minimum Gasteiger partial charge on any atom is -0.489 e. The van der Waals surface area contributed by atoms with Gasteiger partial charge in [0.15, 0.2) is 0 Å². The SMILES string of the molecule is O=[N+]([O-])c1ccc(Cl)c(OCC2CCC3(CCCC3)O2)c1. The lowest BCUT2D eigenvalue weighted by molar-refractivity contribution is -0.384. The van der Waals surface area contributed by atoms with E-state index in [0.717, 1.165) is 25.7 Å². The molecular weight excluding hydrogens is 294 g/mol. The summed E-state index contributed by atoms with van der Waals surface area (Å²) in [5.74, 6) is 0.349. The van der Waals surface area contributed by atoms with Crippen LogP contribution in [0.1, 0.15) is 38.5 Å². The van der Waals surface area contributed by atoms with Crippen LogP contribution in [0.25, 0.3) is 0 Å². The third-order valence-electron chi connectivity index (χ3n) is 4.40. The van der Waals surface area contributed by atoms with E-state index in [1.54, 1.807) is 0 Å². The maximum Gasteiger partial charge on any atom is 0.273 e. The molecule has 1 aliphatic heterocycles. The molecule has 21 heavy (non-hydrogen) atoms. The van der Waals surface area contributed by atoms with Crippen LogP contribution in [0.4, 0.5) is 5.69 Å². The molecule has 6 heteroatoms. The molecule has 1 aromatic carbocycles. The van der Waals surface area contributed by atoms with Crippen molar-refractivity contribution < 1.29 is 14.4 Å². The Hall–Kier alpha value is -1.33. The summed E-state index contributed by atoms with van der Waals surface area (Å²) in [7, 11) is 0. The van der Waals surface area contributed by atoms with Crippen LogP contribution in [0.3, 0.4) is 0 Å². The van der Waals surface area contributed by atoms with Crippen LogP contribution in [0.5, 0.6) is 5.75 Å². The van der Waals surface area contributed by atoms with E-state index in [0.29, 0.717) is 17.4 Å². The Morgan fingerprint density at radius 2 is 2.14 bits per heavy atom. The number of nitrogens with zero attached hydrogens (tertiary/aromatic N) is 1. The van der Waals surface area contributed by atoms with Gasteiger partial charge in [0.1, 0.15) is 12.4 Å². The van der Waals surface area contributed by atoms with Crippen LogP contribution in [0.15, 0.2) is 18.2 Å². The number of benzene rings is 1. The van der Waals surface area contributed by atoms with Crippen LogP contribution < -0.4 is 4.74 Å². The average Bonchev–Trinajstić information content (AvgIpc) is 3.08.